The minimum Gasteiger partial charge on any atom is -0.453 e. The molecule has 3 nitrogen and oxygen atoms in total. The fraction of sp³-hybridized carbons (Fsp3) is 0.417. The number of alkyl halides is 9. The first-order valence-corrected chi connectivity index (χ1v) is 5.88. The second-order valence-corrected chi connectivity index (χ2v) is 4.39. The summed E-state index contributed by atoms with van der Waals surface area (Å²) in [4.78, 5) is 10.9. The van der Waals surface area contributed by atoms with E-state index in [2.05, 4.69) is 4.74 Å². The maximum atomic E-state index is 12.9. The number of methoxy groups -OCH3 is 1. The summed E-state index contributed by atoms with van der Waals surface area (Å²) in [5.41, 5.74) is -7.96. The summed E-state index contributed by atoms with van der Waals surface area (Å²) in [7, 11) is 0.803. The van der Waals surface area contributed by atoms with Crippen molar-refractivity contribution in [1.82, 2.24) is 5.32 Å². The third-order valence-corrected chi connectivity index (χ3v) is 2.78. The Bertz CT molecular complexity index is 581. The van der Waals surface area contributed by atoms with Gasteiger partial charge in [0.2, 0.25) is 0 Å². The van der Waals surface area contributed by atoms with E-state index in [1.165, 1.54) is 0 Å². The Kier molecular flexibility index (Phi) is 5.31. The summed E-state index contributed by atoms with van der Waals surface area (Å²) >= 11 is 0. The second-order valence-electron chi connectivity index (χ2n) is 4.39. The van der Waals surface area contributed by atoms with Crippen LogP contribution in [0.1, 0.15) is 22.3 Å². The monoisotopic (exact) mass is 369 g/mol. The zero-order chi connectivity index (χ0) is 18.9. The Morgan fingerprint density at radius 3 is 1.62 bits per heavy atom. The van der Waals surface area contributed by atoms with E-state index in [1.807, 2.05) is 0 Å². The topological polar surface area (TPSA) is 38.3 Å². The van der Waals surface area contributed by atoms with E-state index in [0.717, 1.165) is 7.11 Å². The highest BCUT2D eigenvalue weighted by Crippen LogP contribution is 2.43. The maximum absolute atomic E-state index is 12.9. The summed E-state index contributed by atoms with van der Waals surface area (Å²) < 4.78 is 119. The molecular weight excluding hydrogens is 361 g/mol. The number of alkyl carbamates (subject to hydrolysis) is 1. The SMILES string of the molecule is COC(=O)NCc1c(C(F)(F)F)cc(C(F)(F)F)cc1C(F)(F)F. The zero-order valence-electron chi connectivity index (χ0n) is 11.6. The van der Waals surface area contributed by atoms with Crippen molar-refractivity contribution in [2.24, 2.45) is 0 Å². The van der Waals surface area contributed by atoms with Crippen LogP contribution in [0.15, 0.2) is 12.1 Å². The molecule has 136 valence electrons. The van der Waals surface area contributed by atoms with Crippen molar-refractivity contribution in [1.29, 1.82) is 0 Å². The fourth-order valence-electron chi connectivity index (χ4n) is 1.76. The lowest BCUT2D eigenvalue weighted by atomic mass is 9.96. The molecule has 0 unspecified atom stereocenters. The average Bonchev–Trinajstić information content (AvgIpc) is 2.40. The number of halogens is 9. The van der Waals surface area contributed by atoms with Gasteiger partial charge in [0.15, 0.2) is 0 Å². The first-order chi connectivity index (χ1) is 10.7. The first kappa shape index (κ1) is 19.9. The van der Waals surface area contributed by atoms with Crippen LogP contribution in [0.25, 0.3) is 0 Å². The van der Waals surface area contributed by atoms with Crippen molar-refractivity contribution in [3.8, 4) is 0 Å². The van der Waals surface area contributed by atoms with Crippen LogP contribution >= 0.6 is 0 Å². The number of amides is 1. The molecule has 1 aromatic carbocycles. The van der Waals surface area contributed by atoms with Crippen LogP contribution < -0.4 is 5.32 Å². The molecule has 1 N–H and O–H groups in total. The summed E-state index contributed by atoms with van der Waals surface area (Å²) in [5, 5.41) is 1.59. The Labute approximate surface area is 128 Å². The number of ether oxygens (including phenoxy) is 1. The second kappa shape index (κ2) is 6.40. The molecule has 0 radical (unpaired) electrons. The number of hydrogen-bond donors (Lipinski definition) is 1. The van der Waals surface area contributed by atoms with Gasteiger partial charge in [-0.25, -0.2) is 4.79 Å². The van der Waals surface area contributed by atoms with Gasteiger partial charge in [0.1, 0.15) is 0 Å². The molecule has 0 fully saturated rings. The molecule has 0 saturated carbocycles. The van der Waals surface area contributed by atoms with E-state index in [-0.39, 0.29) is 0 Å². The molecule has 0 bridgehead atoms. The van der Waals surface area contributed by atoms with Crippen molar-refractivity contribution in [2.75, 3.05) is 7.11 Å². The highest BCUT2D eigenvalue weighted by atomic mass is 19.4. The van der Waals surface area contributed by atoms with E-state index >= 15 is 0 Å². The fourth-order valence-corrected chi connectivity index (χ4v) is 1.76. The lowest BCUT2D eigenvalue weighted by Gasteiger charge is -2.21. The lowest BCUT2D eigenvalue weighted by molar-refractivity contribution is -0.149. The Morgan fingerprint density at radius 1 is 0.917 bits per heavy atom. The predicted octanol–water partition coefficient (Wildman–Crippen LogP) is 4.60. The number of benzene rings is 1. The summed E-state index contributed by atoms with van der Waals surface area (Å²) in [5.74, 6) is 0. The molecule has 0 aromatic heterocycles. The van der Waals surface area contributed by atoms with Crippen LogP contribution in [0.4, 0.5) is 44.3 Å². The van der Waals surface area contributed by atoms with E-state index < -0.39 is 65.6 Å². The Morgan fingerprint density at radius 2 is 1.33 bits per heavy atom. The van der Waals surface area contributed by atoms with Gasteiger partial charge < -0.3 is 10.1 Å². The summed E-state index contributed by atoms with van der Waals surface area (Å²) in [6, 6.07) is -0.882. The van der Waals surface area contributed by atoms with Crippen molar-refractivity contribution in [3.05, 3.63) is 34.4 Å². The van der Waals surface area contributed by atoms with Gasteiger partial charge in [0.25, 0.3) is 0 Å². The minimum atomic E-state index is -5.51. The molecule has 0 heterocycles. The van der Waals surface area contributed by atoms with Gasteiger partial charge in [-0.15, -0.1) is 0 Å². The average molecular weight is 369 g/mol. The largest absolute Gasteiger partial charge is 0.453 e. The van der Waals surface area contributed by atoms with Gasteiger partial charge >= 0.3 is 24.6 Å². The summed E-state index contributed by atoms with van der Waals surface area (Å²) in [6.45, 7) is -1.32. The predicted molar refractivity (Wildman–Crippen MR) is 60.7 cm³/mol. The molecule has 24 heavy (non-hydrogen) atoms. The van der Waals surface area contributed by atoms with Gasteiger partial charge in [0, 0.05) is 6.54 Å². The van der Waals surface area contributed by atoms with E-state index in [0.29, 0.717) is 0 Å². The molecule has 0 aliphatic carbocycles. The normalized spacial score (nSPS) is 12.9. The molecule has 1 aromatic rings. The van der Waals surface area contributed by atoms with Gasteiger partial charge in [-0.05, 0) is 17.7 Å². The quantitative estimate of drug-likeness (QED) is 0.774. The van der Waals surface area contributed by atoms with Crippen LogP contribution in [0.5, 0.6) is 0 Å². The first-order valence-electron chi connectivity index (χ1n) is 5.88. The van der Waals surface area contributed by atoms with E-state index in [1.54, 1.807) is 5.32 Å². The molecule has 1 rings (SSSR count). The van der Waals surface area contributed by atoms with Crippen molar-refractivity contribution in [2.45, 2.75) is 25.1 Å². The van der Waals surface area contributed by atoms with Crippen molar-refractivity contribution < 1.29 is 49.0 Å². The van der Waals surface area contributed by atoms with Crippen molar-refractivity contribution in [3.63, 3.8) is 0 Å². The highest BCUT2D eigenvalue weighted by Gasteiger charge is 2.44. The molecule has 0 aliphatic heterocycles. The van der Waals surface area contributed by atoms with E-state index in [4.69, 9.17) is 0 Å². The molecular formula is C12H8F9NO2. The van der Waals surface area contributed by atoms with Gasteiger partial charge in [0.05, 0.1) is 23.8 Å². The molecule has 0 spiro atoms. The highest BCUT2D eigenvalue weighted by molar-refractivity contribution is 5.67. The molecule has 12 heteroatoms. The number of hydrogen-bond acceptors (Lipinski definition) is 2. The van der Waals surface area contributed by atoms with Crippen LogP contribution in [0, 0.1) is 0 Å². The minimum absolute atomic E-state index is 0.441. The Balaban J connectivity index is 3.65. The van der Waals surface area contributed by atoms with E-state index in [9.17, 15) is 44.3 Å². The van der Waals surface area contributed by atoms with Crippen LogP contribution in [-0.2, 0) is 29.8 Å². The smallest absolute Gasteiger partial charge is 0.416 e. The number of nitrogens with one attached hydrogen (secondary N) is 1. The zero-order valence-corrected chi connectivity index (χ0v) is 11.6. The van der Waals surface area contributed by atoms with Gasteiger partial charge in [-0.2, -0.15) is 39.5 Å². The molecule has 1 amide bonds. The Hall–Kier alpha value is -2.14. The van der Waals surface area contributed by atoms with Gasteiger partial charge in [-0.3, -0.25) is 0 Å². The summed E-state index contributed by atoms with van der Waals surface area (Å²) in [6.07, 6.45) is -17.8. The number of carbonyl (C=O) groups is 1. The third-order valence-electron chi connectivity index (χ3n) is 2.78. The third kappa shape index (κ3) is 4.68. The standard InChI is InChI=1S/C12H8F9NO2/c1-24-9(23)22-4-6-7(11(16,17)18)2-5(10(13,14)15)3-8(6)12(19,20)21/h2-3H,4H2,1H3,(H,22,23). The van der Waals surface area contributed by atoms with Crippen LogP contribution in [0.3, 0.4) is 0 Å². The maximum Gasteiger partial charge on any atom is 0.416 e. The number of rotatable bonds is 2. The van der Waals surface area contributed by atoms with Crippen LogP contribution in [0.2, 0.25) is 0 Å². The molecule has 0 atom stereocenters. The lowest BCUT2D eigenvalue weighted by Crippen LogP contribution is -2.27. The van der Waals surface area contributed by atoms with Crippen molar-refractivity contribution >= 4 is 6.09 Å². The number of carbonyl (C=O) groups excluding carboxylic acids is 1. The molecule has 0 saturated heterocycles. The van der Waals surface area contributed by atoms with Gasteiger partial charge in [-0.1, -0.05) is 0 Å². The van der Waals surface area contributed by atoms with Crippen LogP contribution in [-0.4, -0.2) is 13.2 Å². The molecule has 0 aliphatic rings.